The molecule has 1 atom stereocenters. The number of benzene rings is 2. The molecule has 2 aromatic carbocycles. The molecule has 1 N–H and O–H groups in total. The van der Waals surface area contributed by atoms with E-state index in [1.807, 2.05) is 32.0 Å². The van der Waals surface area contributed by atoms with Crippen LogP contribution >= 0.6 is 11.8 Å². The molecule has 7 heteroatoms. The van der Waals surface area contributed by atoms with Gasteiger partial charge in [0.1, 0.15) is 6.54 Å². The van der Waals surface area contributed by atoms with Gasteiger partial charge in [-0.2, -0.15) is 0 Å². The van der Waals surface area contributed by atoms with E-state index in [2.05, 4.69) is 50.0 Å². The van der Waals surface area contributed by atoms with Crippen LogP contribution in [0, 0.1) is 13.8 Å². The van der Waals surface area contributed by atoms with Gasteiger partial charge in [-0.15, -0.1) is 0 Å². The van der Waals surface area contributed by atoms with Crippen molar-refractivity contribution in [3.05, 3.63) is 63.6 Å². The molecule has 0 unspecified atom stereocenters. The van der Waals surface area contributed by atoms with Crippen LogP contribution in [-0.2, 0) is 9.59 Å². The molecule has 2 heterocycles. The fourth-order valence-electron chi connectivity index (χ4n) is 5.25. The molecule has 184 valence electrons. The second-order valence-electron chi connectivity index (χ2n) is 10.1. The Morgan fingerprint density at radius 1 is 1.20 bits per heavy atom. The van der Waals surface area contributed by atoms with Crippen LogP contribution in [0.5, 0.6) is 0 Å². The van der Waals surface area contributed by atoms with E-state index in [1.165, 1.54) is 11.3 Å². The molecule has 2 aliphatic heterocycles. The highest BCUT2D eigenvalue weighted by Gasteiger charge is 2.38. The average molecular weight is 492 g/mol. The third-order valence-electron chi connectivity index (χ3n) is 6.85. The van der Waals surface area contributed by atoms with Crippen molar-refractivity contribution in [3.63, 3.8) is 0 Å². The first kappa shape index (κ1) is 25.0. The molecule has 0 radical (unpaired) electrons. The van der Waals surface area contributed by atoms with Crippen molar-refractivity contribution in [1.29, 1.82) is 0 Å². The van der Waals surface area contributed by atoms with Gasteiger partial charge in [0.2, 0.25) is 5.91 Å². The number of hydrogen-bond acceptors (Lipinski definition) is 5. The number of imide groups is 1. The first-order valence-corrected chi connectivity index (χ1v) is 12.9. The molecule has 3 amide bonds. The van der Waals surface area contributed by atoms with Gasteiger partial charge in [-0.25, -0.2) is 0 Å². The third kappa shape index (κ3) is 5.01. The molecule has 2 aromatic rings. The zero-order chi connectivity index (χ0) is 25.5. The highest BCUT2D eigenvalue weighted by atomic mass is 32.2. The van der Waals surface area contributed by atoms with Crippen molar-refractivity contribution in [1.82, 2.24) is 4.90 Å². The summed E-state index contributed by atoms with van der Waals surface area (Å²) in [5.41, 5.74) is 6.22. The second-order valence-corrected chi connectivity index (χ2v) is 11.1. The van der Waals surface area contributed by atoms with Crippen molar-refractivity contribution in [2.75, 3.05) is 23.3 Å². The van der Waals surface area contributed by atoms with Gasteiger partial charge in [0.15, 0.2) is 0 Å². The Balaban J connectivity index is 1.56. The quantitative estimate of drug-likeness (QED) is 0.513. The molecule has 0 aromatic heterocycles. The summed E-state index contributed by atoms with van der Waals surface area (Å²) in [7, 11) is 0. The lowest BCUT2D eigenvalue weighted by molar-refractivity contribution is -0.127. The molecular weight excluding hydrogens is 458 g/mol. The van der Waals surface area contributed by atoms with Gasteiger partial charge in [0.05, 0.1) is 4.91 Å². The summed E-state index contributed by atoms with van der Waals surface area (Å²) in [5, 5.41) is 2.33. The van der Waals surface area contributed by atoms with E-state index in [-0.39, 0.29) is 12.1 Å². The number of rotatable bonds is 5. The van der Waals surface area contributed by atoms with Crippen molar-refractivity contribution < 1.29 is 14.4 Å². The van der Waals surface area contributed by atoms with Crippen LogP contribution in [0.1, 0.15) is 62.3 Å². The minimum Gasteiger partial charge on any atom is -0.366 e. The van der Waals surface area contributed by atoms with Gasteiger partial charge in [-0.05, 0) is 111 Å². The van der Waals surface area contributed by atoms with E-state index in [0.717, 1.165) is 46.3 Å². The Kier molecular flexibility index (Phi) is 6.82. The van der Waals surface area contributed by atoms with E-state index < -0.39 is 17.1 Å². The Bertz CT molecular complexity index is 1230. The van der Waals surface area contributed by atoms with E-state index in [1.54, 1.807) is 12.1 Å². The molecule has 0 bridgehead atoms. The number of nitrogens with one attached hydrogen (secondary N) is 1. The van der Waals surface area contributed by atoms with E-state index in [9.17, 15) is 14.4 Å². The number of anilines is 2. The van der Waals surface area contributed by atoms with Crippen LogP contribution in [-0.4, -0.2) is 40.6 Å². The number of fused-ring (bicyclic) bond motifs is 1. The summed E-state index contributed by atoms with van der Waals surface area (Å²) in [6.45, 7) is 13.6. The Hall–Kier alpha value is -3.06. The van der Waals surface area contributed by atoms with Crippen molar-refractivity contribution in [3.8, 4) is 0 Å². The number of thioether (sulfide) groups is 1. The summed E-state index contributed by atoms with van der Waals surface area (Å²) in [6.07, 6.45) is 2.84. The van der Waals surface area contributed by atoms with Crippen LogP contribution in [0.2, 0.25) is 0 Å². The Labute approximate surface area is 211 Å². The number of aryl methyl sites for hydroxylation is 2. The summed E-state index contributed by atoms with van der Waals surface area (Å²) in [5.74, 6) is -0.447. The number of hydrogen-bond donors (Lipinski definition) is 1. The topological polar surface area (TPSA) is 69.7 Å². The maximum Gasteiger partial charge on any atom is 0.294 e. The first-order chi connectivity index (χ1) is 16.5. The van der Waals surface area contributed by atoms with E-state index in [4.69, 9.17) is 0 Å². The summed E-state index contributed by atoms with van der Waals surface area (Å²) in [4.78, 5) is 41.9. The standard InChI is InChI=1S/C28H33N3O3S/c1-7-31-23-12-18(3)20(13-22(23)19(4)15-28(31,5)6)14-24-26(33)30(27(34)35-24)16-25(32)29-21-10-8-9-17(2)11-21/h8-14,19H,7,15-16H2,1-6H3,(H,29,32)/b24-14-/t19-/m1/s1. The smallest absolute Gasteiger partial charge is 0.294 e. The molecule has 1 fully saturated rings. The summed E-state index contributed by atoms with van der Waals surface area (Å²) >= 11 is 0.887. The molecule has 35 heavy (non-hydrogen) atoms. The minimum absolute atomic E-state index is 0.0802. The van der Waals surface area contributed by atoms with Gasteiger partial charge >= 0.3 is 0 Å². The van der Waals surface area contributed by atoms with E-state index >= 15 is 0 Å². The predicted molar refractivity (Wildman–Crippen MR) is 144 cm³/mol. The first-order valence-electron chi connectivity index (χ1n) is 12.0. The zero-order valence-electron chi connectivity index (χ0n) is 21.3. The SMILES string of the molecule is CCN1c2cc(C)c(/C=C3\SC(=O)N(CC(=O)Nc4cccc(C)c4)C3=O)cc2[C@H](C)CC1(C)C. The monoisotopic (exact) mass is 491 g/mol. The Morgan fingerprint density at radius 3 is 2.63 bits per heavy atom. The van der Waals surface area contributed by atoms with Crippen molar-refractivity contribution >= 4 is 46.3 Å². The van der Waals surface area contributed by atoms with Crippen LogP contribution in [0.3, 0.4) is 0 Å². The summed E-state index contributed by atoms with van der Waals surface area (Å²) < 4.78 is 0. The van der Waals surface area contributed by atoms with Gasteiger partial charge in [0, 0.05) is 23.5 Å². The molecule has 2 aliphatic rings. The predicted octanol–water partition coefficient (Wildman–Crippen LogP) is 6.09. The van der Waals surface area contributed by atoms with Crippen molar-refractivity contribution in [2.45, 2.75) is 59.4 Å². The van der Waals surface area contributed by atoms with Crippen LogP contribution < -0.4 is 10.2 Å². The number of carbonyl (C=O) groups excluding carboxylic acids is 3. The highest BCUT2D eigenvalue weighted by Crippen LogP contribution is 2.45. The van der Waals surface area contributed by atoms with Crippen LogP contribution in [0.15, 0.2) is 41.3 Å². The fourth-order valence-corrected chi connectivity index (χ4v) is 6.08. The summed E-state index contributed by atoms with van der Waals surface area (Å²) in [6, 6.07) is 11.7. The lowest BCUT2D eigenvalue weighted by Crippen LogP contribution is -2.48. The van der Waals surface area contributed by atoms with Gasteiger partial charge in [-0.1, -0.05) is 19.1 Å². The molecule has 0 saturated carbocycles. The highest BCUT2D eigenvalue weighted by molar-refractivity contribution is 8.18. The molecule has 1 saturated heterocycles. The van der Waals surface area contributed by atoms with Crippen LogP contribution in [0.25, 0.3) is 6.08 Å². The molecule has 4 rings (SSSR count). The van der Waals surface area contributed by atoms with Gasteiger partial charge in [-0.3, -0.25) is 19.3 Å². The third-order valence-corrected chi connectivity index (χ3v) is 7.76. The molecular formula is C28H33N3O3S. The maximum absolute atomic E-state index is 13.0. The number of nitrogens with zero attached hydrogens (tertiary/aromatic N) is 2. The molecule has 0 aliphatic carbocycles. The van der Waals surface area contributed by atoms with Crippen LogP contribution in [0.4, 0.5) is 16.2 Å². The van der Waals surface area contributed by atoms with Gasteiger partial charge < -0.3 is 10.2 Å². The van der Waals surface area contributed by atoms with Gasteiger partial charge in [0.25, 0.3) is 11.1 Å². The fraction of sp³-hybridized carbons (Fsp3) is 0.393. The zero-order valence-corrected chi connectivity index (χ0v) is 22.1. The number of amides is 3. The maximum atomic E-state index is 13.0. The van der Waals surface area contributed by atoms with Crippen molar-refractivity contribution in [2.24, 2.45) is 0 Å². The molecule has 6 nitrogen and oxygen atoms in total. The Morgan fingerprint density at radius 2 is 1.94 bits per heavy atom. The average Bonchev–Trinajstić information content (AvgIpc) is 3.02. The molecule has 0 spiro atoms. The lowest BCUT2D eigenvalue weighted by atomic mass is 9.79. The normalized spacial score (nSPS) is 20.4. The lowest BCUT2D eigenvalue weighted by Gasteiger charge is -2.47. The second kappa shape index (κ2) is 9.53. The number of carbonyl (C=O) groups is 3. The van der Waals surface area contributed by atoms with E-state index in [0.29, 0.717) is 16.5 Å². The largest absolute Gasteiger partial charge is 0.366 e. The minimum atomic E-state index is -0.430.